The summed E-state index contributed by atoms with van der Waals surface area (Å²) in [5.41, 5.74) is 2.80. The van der Waals surface area contributed by atoms with Gasteiger partial charge in [0.1, 0.15) is 5.75 Å². The number of hydrogen-bond acceptors (Lipinski definition) is 5. The van der Waals surface area contributed by atoms with Crippen LogP contribution in [-0.2, 0) is 10.8 Å². The van der Waals surface area contributed by atoms with Gasteiger partial charge < -0.3 is 10.1 Å². The molecule has 3 rings (SSSR count). The maximum atomic E-state index is 12.9. The van der Waals surface area contributed by atoms with E-state index in [9.17, 15) is 14.3 Å². The van der Waals surface area contributed by atoms with Crippen molar-refractivity contribution in [2.75, 3.05) is 18.2 Å². The fourth-order valence-electron chi connectivity index (χ4n) is 2.88. The molecular weight excluding hydrogens is 388 g/mol. The van der Waals surface area contributed by atoms with Gasteiger partial charge in [0, 0.05) is 22.7 Å². The molecule has 0 fully saturated rings. The predicted octanol–water partition coefficient (Wildman–Crippen LogP) is 4.87. The molecule has 7 heteroatoms. The first-order valence-electron chi connectivity index (χ1n) is 9.06. The maximum absolute atomic E-state index is 12.9. The Morgan fingerprint density at radius 3 is 2.17 bits per heavy atom. The lowest BCUT2D eigenvalue weighted by molar-refractivity contribution is -0.384. The highest BCUT2D eigenvalue weighted by Crippen LogP contribution is 2.26. The number of anilines is 1. The van der Waals surface area contributed by atoms with Crippen molar-refractivity contribution in [1.82, 2.24) is 0 Å². The van der Waals surface area contributed by atoms with E-state index in [1.165, 1.54) is 12.1 Å². The third-order valence-electron chi connectivity index (χ3n) is 4.54. The monoisotopic (exact) mass is 410 g/mol. The molecule has 1 unspecified atom stereocenters. The molecule has 0 aliphatic carbocycles. The van der Waals surface area contributed by atoms with E-state index in [-0.39, 0.29) is 11.7 Å². The number of non-ortho nitro benzene ring substituents is 1. The Morgan fingerprint density at radius 2 is 1.62 bits per heavy atom. The summed E-state index contributed by atoms with van der Waals surface area (Å²) in [4.78, 5) is 11.3. The van der Waals surface area contributed by atoms with Crippen LogP contribution in [0.5, 0.6) is 5.75 Å². The molecule has 3 aromatic rings. The number of aryl methyl sites for hydroxylation is 1. The van der Waals surface area contributed by atoms with Gasteiger partial charge in [0.25, 0.3) is 5.69 Å². The van der Waals surface area contributed by atoms with Crippen molar-refractivity contribution in [2.24, 2.45) is 0 Å². The summed E-state index contributed by atoms with van der Waals surface area (Å²) in [5, 5.41) is 14.3. The first-order valence-corrected chi connectivity index (χ1v) is 10.4. The van der Waals surface area contributed by atoms with Gasteiger partial charge in [0.05, 0.1) is 34.6 Å². The highest BCUT2D eigenvalue weighted by atomic mass is 32.2. The minimum absolute atomic E-state index is 0.0246. The van der Waals surface area contributed by atoms with Crippen molar-refractivity contribution >= 4 is 22.2 Å². The van der Waals surface area contributed by atoms with Gasteiger partial charge in [-0.3, -0.25) is 14.3 Å². The Hall–Kier alpha value is -3.19. The Kier molecular flexibility index (Phi) is 6.61. The highest BCUT2D eigenvalue weighted by Gasteiger charge is 2.18. The lowest BCUT2D eigenvalue weighted by atomic mass is 10.1. The van der Waals surface area contributed by atoms with Crippen LogP contribution in [0, 0.1) is 17.0 Å². The van der Waals surface area contributed by atoms with E-state index in [1.54, 1.807) is 19.2 Å². The fourth-order valence-corrected chi connectivity index (χ4v) is 4.09. The zero-order valence-corrected chi connectivity index (χ0v) is 17.0. The van der Waals surface area contributed by atoms with Crippen molar-refractivity contribution < 1.29 is 13.9 Å². The van der Waals surface area contributed by atoms with Crippen molar-refractivity contribution in [3.05, 3.63) is 94.0 Å². The van der Waals surface area contributed by atoms with Crippen LogP contribution in [0.1, 0.15) is 17.2 Å². The number of nitrogens with one attached hydrogen (secondary N) is 1. The number of benzene rings is 3. The van der Waals surface area contributed by atoms with Gasteiger partial charge in [-0.05, 0) is 48.9 Å². The molecule has 0 saturated carbocycles. The number of rotatable bonds is 8. The SMILES string of the molecule is COc1ccc(N[C@H](CS(=O)c2ccc(C)cc2)c2ccc([N+](=O)[O-])cc2)cc1. The van der Waals surface area contributed by atoms with Crippen LogP contribution < -0.4 is 10.1 Å². The zero-order valence-electron chi connectivity index (χ0n) is 16.2. The second kappa shape index (κ2) is 9.34. The third kappa shape index (κ3) is 5.42. The first kappa shape index (κ1) is 20.5. The smallest absolute Gasteiger partial charge is 0.269 e. The molecule has 0 amide bonds. The summed E-state index contributed by atoms with van der Waals surface area (Å²) in [6.45, 7) is 1.98. The second-order valence-electron chi connectivity index (χ2n) is 6.60. The lowest BCUT2D eigenvalue weighted by Gasteiger charge is -2.20. The molecule has 150 valence electrons. The van der Waals surface area contributed by atoms with Crippen LogP contribution in [0.25, 0.3) is 0 Å². The number of methoxy groups -OCH3 is 1. The molecule has 2 atom stereocenters. The summed E-state index contributed by atoms with van der Waals surface area (Å²) in [5.74, 6) is 1.07. The molecule has 1 N–H and O–H groups in total. The van der Waals surface area contributed by atoms with Gasteiger partial charge in [0.2, 0.25) is 0 Å². The summed E-state index contributed by atoms with van der Waals surface area (Å²) < 4.78 is 18.1. The van der Waals surface area contributed by atoms with Crippen LogP contribution in [0.3, 0.4) is 0 Å². The van der Waals surface area contributed by atoms with Crippen molar-refractivity contribution in [3.8, 4) is 5.75 Å². The molecule has 0 bridgehead atoms. The molecule has 6 nitrogen and oxygen atoms in total. The van der Waals surface area contributed by atoms with Crippen molar-refractivity contribution in [2.45, 2.75) is 17.9 Å². The Morgan fingerprint density at radius 1 is 1.00 bits per heavy atom. The summed E-state index contributed by atoms with van der Waals surface area (Å²) >= 11 is 0. The summed E-state index contributed by atoms with van der Waals surface area (Å²) in [6.07, 6.45) is 0. The normalized spacial score (nSPS) is 12.8. The van der Waals surface area contributed by atoms with E-state index in [0.29, 0.717) is 5.75 Å². The highest BCUT2D eigenvalue weighted by molar-refractivity contribution is 7.85. The topological polar surface area (TPSA) is 81.5 Å². The van der Waals surface area contributed by atoms with Gasteiger partial charge in [-0.2, -0.15) is 0 Å². The van der Waals surface area contributed by atoms with E-state index < -0.39 is 15.7 Å². The minimum Gasteiger partial charge on any atom is -0.497 e. The van der Waals surface area contributed by atoms with Crippen molar-refractivity contribution in [1.29, 1.82) is 0 Å². The van der Waals surface area contributed by atoms with E-state index in [4.69, 9.17) is 4.74 Å². The van der Waals surface area contributed by atoms with Gasteiger partial charge in [-0.15, -0.1) is 0 Å². The largest absolute Gasteiger partial charge is 0.497 e. The average molecular weight is 410 g/mol. The number of ether oxygens (including phenoxy) is 1. The minimum atomic E-state index is -1.24. The molecule has 0 aromatic heterocycles. The zero-order chi connectivity index (χ0) is 20.8. The van der Waals surface area contributed by atoms with Crippen molar-refractivity contribution in [3.63, 3.8) is 0 Å². The first-order chi connectivity index (χ1) is 14.0. The van der Waals surface area contributed by atoms with Crippen LogP contribution in [-0.4, -0.2) is 22.0 Å². The quantitative estimate of drug-likeness (QED) is 0.423. The molecule has 0 spiro atoms. The number of nitro benzene ring substituents is 1. The van der Waals surface area contributed by atoms with Crippen LogP contribution >= 0.6 is 0 Å². The number of nitrogens with zero attached hydrogens (tertiary/aromatic N) is 1. The fraction of sp³-hybridized carbons (Fsp3) is 0.182. The molecule has 29 heavy (non-hydrogen) atoms. The number of hydrogen-bond donors (Lipinski definition) is 1. The standard InChI is InChI=1S/C22H22N2O4S/c1-16-3-13-21(14-4-16)29(27)15-22(17-5-9-19(10-6-17)24(25)26)23-18-7-11-20(28-2)12-8-18/h3-14,22-23H,15H2,1-2H3/t22-,29?/m1/s1. The van der Waals surface area contributed by atoms with Gasteiger partial charge >= 0.3 is 0 Å². The lowest BCUT2D eigenvalue weighted by Crippen LogP contribution is -2.18. The summed E-state index contributed by atoms with van der Waals surface area (Å²) in [7, 11) is 0.367. The molecule has 0 aliphatic rings. The predicted molar refractivity (Wildman–Crippen MR) is 115 cm³/mol. The Bertz CT molecular complexity index is 987. The molecule has 0 saturated heterocycles. The summed E-state index contributed by atoms with van der Waals surface area (Å²) in [6, 6.07) is 21.1. The van der Waals surface area contributed by atoms with E-state index in [1.807, 2.05) is 55.5 Å². The van der Waals surface area contributed by atoms with Crippen LogP contribution in [0.15, 0.2) is 77.7 Å². The van der Waals surface area contributed by atoms with Crippen LogP contribution in [0.2, 0.25) is 0 Å². The molecule has 3 aromatic carbocycles. The van der Waals surface area contributed by atoms with E-state index in [2.05, 4.69) is 5.32 Å². The second-order valence-corrected chi connectivity index (χ2v) is 8.10. The Balaban J connectivity index is 1.86. The molecule has 0 aliphatic heterocycles. The van der Waals surface area contributed by atoms with Gasteiger partial charge in [0.15, 0.2) is 0 Å². The molecule has 0 heterocycles. The Labute approximate surface area is 172 Å². The number of nitro groups is 1. The van der Waals surface area contributed by atoms with Gasteiger partial charge in [-0.25, -0.2) is 0 Å². The van der Waals surface area contributed by atoms with Crippen LogP contribution in [0.4, 0.5) is 11.4 Å². The molecular formula is C22H22N2O4S. The third-order valence-corrected chi connectivity index (χ3v) is 5.97. The van der Waals surface area contributed by atoms with Gasteiger partial charge in [-0.1, -0.05) is 29.8 Å². The van der Waals surface area contributed by atoms with E-state index >= 15 is 0 Å². The molecule has 0 radical (unpaired) electrons. The maximum Gasteiger partial charge on any atom is 0.269 e. The van der Waals surface area contributed by atoms with E-state index in [0.717, 1.165) is 27.5 Å². The average Bonchev–Trinajstić information content (AvgIpc) is 2.74.